The van der Waals surface area contributed by atoms with Gasteiger partial charge in [0.25, 0.3) is 0 Å². The minimum Gasteiger partial charge on any atom is -0.504 e. The maximum atomic E-state index is 12.1. The number of hydrogen-bond donors (Lipinski definition) is 2. The molecule has 0 fully saturated rings. The Labute approximate surface area is 123 Å². The number of aromatic amines is 1. The number of rotatable bonds is 4. The number of nitrogens with one attached hydrogen (secondary N) is 1. The molecule has 2 N–H and O–H groups in total. The first-order valence-electron chi connectivity index (χ1n) is 6.07. The molecule has 21 heavy (non-hydrogen) atoms. The fraction of sp³-hybridized carbons (Fsp3) is 0. The van der Waals surface area contributed by atoms with E-state index in [1.54, 1.807) is 11.4 Å². The second-order valence-corrected chi connectivity index (χ2v) is 5.11. The highest BCUT2D eigenvalue weighted by Crippen LogP contribution is 2.27. The van der Waals surface area contributed by atoms with Crippen LogP contribution in [0.3, 0.4) is 0 Å². The SMILES string of the molecule is O=C(C=C(O)c1nn[nH]n1)c1csc(-c2ccccc2)c1. The topological polar surface area (TPSA) is 91.8 Å². The number of allylic oxidation sites excluding steroid dienone is 1. The van der Waals surface area contributed by atoms with E-state index in [1.807, 2.05) is 30.3 Å². The van der Waals surface area contributed by atoms with Crippen molar-refractivity contribution >= 4 is 22.9 Å². The zero-order valence-corrected chi connectivity index (χ0v) is 11.5. The van der Waals surface area contributed by atoms with Crippen molar-refractivity contribution in [3.05, 3.63) is 59.2 Å². The molecule has 104 valence electrons. The monoisotopic (exact) mass is 298 g/mol. The summed E-state index contributed by atoms with van der Waals surface area (Å²) in [5.41, 5.74) is 1.56. The summed E-state index contributed by atoms with van der Waals surface area (Å²) in [5.74, 6) is -0.640. The third-order valence-corrected chi connectivity index (χ3v) is 3.76. The van der Waals surface area contributed by atoms with Gasteiger partial charge in [0.15, 0.2) is 11.5 Å². The molecule has 1 aromatic carbocycles. The van der Waals surface area contributed by atoms with Crippen molar-refractivity contribution < 1.29 is 9.90 Å². The first-order valence-corrected chi connectivity index (χ1v) is 6.95. The van der Waals surface area contributed by atoms with E-state index in [-0.39, 0.29) is 17.4 Å². The van der Waals surface area contributed by atoms with Gasteiger partial charge in [0.05, 0.1) is 0 Å². The second kappa shape index (κ2) is 5.68. The number of aliphatic hydroxyl groups excluding tert-OH is 1. The molecule has 2 aromatic heterocycles. The number of hydrogen-bond acceptors (Lipinski definition) is 6. The molecular formula is C14H10N4O2S. The van der Waals surface area contributed by atoms with E-state index < -0.39 is 0 Å². The summed E-state index contributed by atoms with van der Waals surface area (Å²) >= 11 is 1.47. The van der Waals surface area contributed by atoms with Crippen LogP contribution in [0, 0.1) is 0 Å². The molecule has 3 aromatic rings. The van der Waals surface area contributed by atoms with Crippen molar-refractivity contribution in [1.82, 2.24) is 20.6 Å². The lowest BCUT2D eigenvalue weighted by atomic mass is 10.1. The van der Waals surface area contributed by atoms with Crippen LogP contribution < -0.4 is 0 Å². The van der Waals surface area contributed by atoms with Gasteiger partial charge in [0.1, 0.15) is 0 Å². The highest BCUT2D eigenvalue weighted by Gasteiger charge is 2.11. The Kier molecular flexibility index (Phi) is 3.57. The predicted molar refractivity (Wildman–Crippen MR) is 78.9 cm³/mol. The minimum absolute atomic E-state index is 0.0122. The molecule has 3 rings (SSSR count). The van der Waals surface area contributed by atoms with Gasteiger partial charge in [-0.2, -0.15) is 5.21 Å². The van der Waals surface area contributed by atoms with Crippen LogP contribution in [-0.4, -0.2) is 31.5 Å². The molecule has 0 saturated heterocycles. The van der Waals surface area contributed by atoms with Crippen molar-refractivity contribution in [3.63, 3.8) is 0 Å². The van der Waals surface area contributed by atoms with Crippen LogP contribution in [0.15, 0.2) is 47.9 Å². The summed E-state index contributed by atoms with van der Waals surface area (Å²) in [6, 6.07) is 11.6. The maximum absolute atomic E-state index is 12.1. The van der Waals surface area contributed by atoms with Gasteiger partial charge in [-0.3, -0.25) is 4.79 Å². The van der Waals surface area contributed by atoms with Gasteiger partial charge in [-0.1, -0.05) is 30.3 Å². The lowest BCUT2D eigenvalue weighted by Crippen LogP contribution is -1.95. The fourth-order valence-electron chi connectivity index (χ4n) is 1.76. The second-order valence-electron chi connectivity index (χ2n) is 4.19. The van der Waals surface area contributed by atoms with Crippen LogP contribution in [0.2, 0.25) is 0 Å². The largest absolute Gasteiger partial charge is 0.504 e. The molecule has 0 radical (unpaired) electrons. The molecule has 0 amide bonds. The number of aliphatic hydroxyl groups is 1. The number of carbonyl (C=O) groups excluding carboxylic acids is 1. The lowest BCUT2D eigenvalue weighted by Gasteiger charge is -1.95. The Hall–Kier alpha value is -2.80. The summed E-state index contributed by atoms with van der Waals surface area (Å²) in [5, 5.41) is 24.2. The van der Waals surface area contributed by atoms with Gasteiger partial charge in [-0.05, 0) is 16.8 Å². The van der Waals surface area contributed by atoms with E-state index in [4.69, 9.17) is 0 Å². The summed E-state index contributed by atoms with van der Waals surface area (Å²) in [4.78, 5) is 13.1. The van der Waals surface area contributed by atoms with Crippen molar-refractivity contribution in [2.45, 2.75) is 0 Å². The molecule has 0 saturated carbocycles. The molecule has 7 heteroatoms. The number of thiophene rings is 1. The molecule has 0 bridgehead atoms. The van der Waals surface area contributed by atoms with Crippen LogP contribution in [-0.2, 0) is 0 Å². The number of H-pyrrole nitrogens is 1. The molecule has 0 unspecified atom stereocenters. The Morgan fingerprint density at radius 3 is 2.81 bits per heavy atom. The van der Waals surface area contributed by atoms with E-state index in [0.717, 1.165) is 16.5 Å². The quantitative estimate of drug-likeness (QED) is 0.439. The van der Waals surface area contributed by atoms with Crippen LogP contribution in [0.4, 0.5) is 0 Å². The summed E-state index contributed by atoms with van der Waals surface area (Å²) < 4.78 is 0. The highest BCUT2D eigenvalue weighted by atomic mass is 32.1. The van der Waals surface area contributed by atoms with Gasteiger partial charge in [-0.15, -0.1) is 21.5 Å². The fourth-order valence-corrected chi connectivity index (χ4v) is 2.67. The van der Waals surface area contributed by atoms with E-state index in [2.05, 4.69) is 20.6 Å². The van der Waals surface area contributed by atoms with E-state index in [1.165, 1.54) is 11.3 Å². The van der Waals surface area contributed by atoms with Crippen LogP contribution >= 0.6 is 11.3 Å². The Bertz CT molecular complexity index is 778. The Morgan fingerprint density at radius 2 is 2.10 bits per heavy atom. The van der Waals surface area contributed by atoms with E-state index in [9.17, 15) is 9.90 Å². The first kappa shape index (κ1) is 13.2. The number of nitrogens with zero attached hydrogens (tertiary/aromatic N) is 3. The number of carbonyl (C=O) groups is 1. The number of tetrazole rings is 1. The molecule has 0 aliphatic heterocycles. The standard InChI is InChI=1S/C14H10N4O2S/c19-11(7-12(20)14-15-17-18-16-14)10-6-13(21-8-10)9-4-2-1-3-5-9/h1-8,20H,(H,15,16,17,18). The average Bonchev–Trinajstić information content (AvgIpc) is 3.20. The van der Waals surface area contributed by atoms with Crippen LogP contribution in [0.1, 0.15) is 16.2 Å². The van der Waals surface area contributed by atoms with Crippen molar-refractivity contribution in [2.24, 2.45) is 0 Å². The van der Waals surface area contributed by atoms with Crippen LogP contribution in [0.5, 0.6) is 0 Å². The van der Waals surface area contributed by atoms with E-state index >= 15 is 0 Å². The Balaban J connectivity index is 1.84. The molecule has 2 heterocycles. The third-order valence-electron chi connectivity index (χ3n) is 2.78. The lowest BCUT2D eigenvalue weighted by molar-refractivity contribution is 0.104. The number of benzene rings is 1. The molecule has 6 nitrogen and oxygen atoms in total. The highest BCUT2D eigenvalue weighted by molar-refractivity contribution is 7.13. The smallest absolute Gasteiger partial charge is 0.239 e. The molecular weight excluding hydrogens is 288 g/mol. The van der Waals surface area contributed by atoms with Gasteiger partial charge in [0, 0.05) is 21.9 Å². The van der Waals surface area contributed by atoms with Crippen molar-refractivity contribution in [2.75, 3.05) is 0 Å². The van der Waals surface area contributed by atoms with Crippen molar-refractivity contribution in [1.29, 1.82) is 0 Å². The van der Waals surface area contributed by atoms with Gasteiger partial charge in [0.2, 0.25) is 5.82 Å². The summed E-state index contributed by atoms with van der Waals surface area (Å²) in [7, 11) is 0. The molecule has 0 spiro atoms. The summed E-state index contributed by atoms with van der Waals surface area (Å²) in [6.07, 6.45) is 1.08. The number of aromatic nitrogens is 4. The first-order chi connectivity index (χ1) is 10.2. The maximum Gasteiger partial charge on any atom is 0.239 e. The zero-order valence-electron chi connectivity index (χ0n) is 10.7. The normalized spacial score (nSPS) is 11.5. The average molecular weight is 298 g/mol. The van der Waals surface area contributed by atoms with Gasteiger partial charge >= 0.3 is 0 Å². The number of ketones is 1. The third kappa shape index (κ3) is 2.87. The molecule has 0 atom stereocenters. The zero-order chi connectivity index (χ0) is 14.7. The predicted octanol–water partition coefficient (Wildman–Crippen LogP) is 2.71. The van der Waals surface area contributed by atoms with Gasteiger partial charge < -0.3 is 5.11 Å². The minimum atomic E-state index is -0.318. The Morgan fingerprint density at radius 1 is 1.29 bits per heavy atom. The van der Waals surface area contributed by atoms with E-state index in [0.29, 0.717) is 5.56 Å². The summed E-state index contributed by atoms with van der Waals surface area (Å²) in [6.45, 7) is 0. The van der Waals surface area contributed by atoms with Gasteiger partial charge in [-0.25, -0.2) is 0 Å². The van der Waals surface area contributed by atoms with Crippen LogP contribution in [0.25, 0.3) is 16.2 Å². The van der Waals surface area contributed by atoms with Crippen molar-refractivity contribution in [3.8, 4) is 10.4 Å². The molecule has 0 aliphatic rings. The molecule has 0 aliphatic carbocycles.